The molecule has 1 aromatic rings. The maximum atomic E-state index is 6.11. The Bertz CT molecular complexity index is 644. The fourth-order valence-electron chi connectivity index (χ4n) is 4.08. The van der Waals surface area contributed by atoms with Crippen molar-refractivity contribution in [3.05, 3.63) is 29.8 Å². The lowest BCUT2D eigenvalue weighted by Gasteiger charge is -2.40. The van der Waals surface area contributed by atoms with Gasteiger partial charge in [0.25, 0.3) is 0 Å². The topological polar surface area (TPSA) is 58.1 Å². The molecule has 3 unspecified atom stereocenters. The number of likely N-dealkylation sites (N-methyl/N-ethyl adjacent to an activating group) is 1. The first-order valence-electron chi connectivity index (χ1n) is 10.6. The van der Waals surface area contributed by atoms with Gasteiger partial charge < -0.3 is 25.0 Å². The van der Waals surface area contributed by atoms with Crippen molar-refractivity contribution in [1.82, 2.24) is 15.5 Å². The van der Waals surface area contributed by atoms with E-state index in [1.165, 1.54) is 12.0 Å². The zero-order valence-corrected chi connectivity index (χ0v) is 22.0. The molecule has 1 aromatic carbocycles. The molecule has 30 heavy (non-hydrogen) atoms. The van der Waals surface area contributed by atoms with E-state index in [9.17, 15) is 0 Å². The fraction of sp³-hybridized carbons (Fsp3) is 0.696. The van der Waals surface area contributed by atoms with Crippen LogP contribution in [0.25, 0.3) is 0 Å². The van der Waals surface area contributed by atoms with Crippen LogP contribution >= 0.6 is 24.0 Å². The summed E-state index contributed by atoms with van der Waals surface area (Å²) < 4.78 is 11.4. The van der Waals surface area contributed by atoms with Crippen LogP contribution in [0, 0.1) is 11.3 Å². The van der Waals surface area contributed by atoms with E-state index in [-0.39, 0.29) is 41.5 Å². The number of hydrogen-bond donors (Lipinski definition) is 2. The summed E-state index contributed by atoms with van der Waals surface area (Å²) in [4.78, 5) is 6.64. The molecular formula is C23H41IN4O2. The molecule has 0 spiro atoms. The summed E-state index contributed by atoms with van der Waals surface area (Å²) in [5, 5.41) is 7.02. The van der Waals surface area contributed by atoms with Crippen molar-refractivity contribution >= 4 is 29.9 Å². The normalized spacial score (nSPS) is 21.0. The highest BCUT2D eigenvalue weighted by atomic mass is 127. The van der Waals surface area contributed by atoms with Crippen LogP contribution in [0.5, 0.6) is 5.75 Å². The van der Waals surface area contributed by atoms with Crippen LogP contribution in [0.4, 0.5) is 0 Å². The molecule has 0 bridgehead atoms. The lowest BCUT2D eigenvalue weighted by molar-refractivity contribution is -0.0835. The average Bonchev–Trinajstić information content (AvgIpc) is 2.70. The number of nitrogens with zero attached hydrogens (tertiary/aromatic N) is 2. The van der Waals surface area contributed by atoms with Crippen molar-refractivity contribution < 1.29 is 9.47 Å². The molecule has 1 aliphatic heterocycles. The van der Waals surface area contributed by atoms with E-state index in [1.54, 1.807) is 7.11 Å². The van der Waals surface area contributed by atoms with E-state index in [2.05, 4.69) is 67.5 Å². The van der Waals surface area contributed by atoms with Crippen molar-refractivity contribution in [2.45, 2.75) is 45.8 Å². The standard InChI is InChI=1S/C23H40N4O2.HI/c1-23(2,3)21-18(9-8-14-29-21)15-25-22(24-4)26-16-20(27(5)6)17-10-12-19(28-7)13-11-17;/h10-13,18,20-21H,8-9,14-16H2,1-7H3,(H2,24,25,26);1H. The Balaban J connectivity index is 0.00000450. The Labute approximate surface area is 200 Å². The van der Waals surface area contributed by atoms with Gasteiger partial charge in [-0.05, 0) is 50.0 Å². The van der Waals surface area contributed by atoms with Crippen molar-refractivity contribution in [3.63, 3.8) is 0 Å². The fourth-order valence-corrected chi connectivity index (χ4v) is 4.08. The van der Waals surface area contributed by atoms with Gasteiger partial charge in [0.2, 0.25) is 0 Å². The highest BCUT2D eigenvalue weighted by Gasteiger charge is 2.35. The number of benzene rings is 1. The van der Waals surface area contributed by atoms with Crippen molar-refractivity contribution in [2.24, 2.45) is 16.3 Å². The third-order valence-corrected chi connectivity index (χ3v) is 5.64. The summed E-state index contributed by atoms with van der Waals surface area (Å²) in [6.45, 7) is 9.30. The monoisotopic (exact) mass is 532 g/mol. The van der Waals surface area contributed by atoms with Gasteiger partial charge in [0.05, 0.1) is 19.3 Å². The summed E-state index contributed by atoms with van der Waals surface area (Å²) >= 11 is 0. The quantitative estimate of drug-likeness (QED) is 0.317. The number of halogens is 1. The molecule has 2 rings (SSSR count). The van der Waals surface area contributed by atoms with Gasteiger partial charge in [0.15, 0.2) is 5.96 Å². The van der Waals surface area contributed by atoms with Crippen LogP contribution in [0.15, 0.2) is 29.3 Å². The number of methoxy groups -OCH3 is 1. The van der Waals surface area contributed by atoms with Crippen LogP contribution in [0.2, 0.25) is 0 Å². The highest BCUT2D eigenvalue weighted by Crippen LogP contribution is 2.33. The van der Waals surface area contributed by atoms with E-state index < -0.39 is 0 Å². The van der Waals surface area contributed by atoms with Gasteiger partial charge in [-0.3, -0.25) is 4.99 Å². The van der Waals surface area contributed by atoms with Crippen LogP contribution in [0.3, 0.4) is 0 Å². The van der Waals surface area contributed by atoms with Gasteiger partial charge in [0, 0.05) is 32.7 Å². The molecule has 1 heterocycles. The second kappa shape index (κ2) is 12.7. The Morgan fingerprint density at radius 2 is 1.90 bits per heavy atom. The summed E-state index contributed by atoms with van der Waals surface area (Å²) in [5.74, 6) is 2.21. The summed E-state index contributed by atoms with van der Waals surface area (Å²) in [6, 6.07) is 8.49. The molecule has 3 atom stereocenters. The summed E-state index contributed by atoms with van der Waals surface area (Å²) in [7, 11) is 7.71. The average molecular weight is 533 g/mol. The Hall–Kier alpha value is -1.06. The minimum Gasteiger partial charge on any atom is -0.497 e. The lowest BCUT2D eigenvalue weighted by atomic mass is 9.78. The number of nitrogens with one attached hydrogen (secondary N) is 2. The maximum Gasteiger partial charge on any atom is 0.191 e. The van der Waals surface area contributed by atoms with E-state index in [1.807, 2.05) is 19.2 Å². The first-order chi connectivity index (χ1) is 13.8. The molecule has 7 heteroatoms. The Kier molecular flexibility index (Phi) is 11.4. The number of hydrogen-bond acceptors (Lipinski definition) is 4. The molecule has 172 valence electrons. The van der Waals surface area contributed by atoms with Gasteiger partial charge in [-0.1, -0.05) is 32.9 Å². The van der Waals surface area contributed by atoms with Crippen LogP contribution in [0.1, 0.15) is 45.2 Å². The number of ether oxygens (including phenoxy) is 2. The minimum atomic E-state index is 0. The number of guanidine groups is 1. The summed E-state index contributed by atoms with van der Waals surface area (Å²) in [5.41, 5.74) is 1.39. The molecule has 0 aliphatic carbocycles. The van der Waals surface area contributed by atoms with E-state index in [0.717, 1.165) is 37.8 Å². The molecule has 6 nitrogen and oxygen atoms in total. The maximum absolute atomic E-state index is 6.11. The zero-order chi connectivity index (χ0) is 21.4. The number of rotatable bonds is 7. The van der Waals surface area contributed by atoms with E-state index >= 15 is 0 Å². The van der Waals surface area contributed by atoms with Gasteiger partial charge in [-0.25, -0.2) is 0 Å². The van der Waals surface area contributed by atoms with Gasteiger partial charge in [-0.2, -0.15) is 0 Å². The van der Waals surface area contributed by atoms with Crippen LogP contribution in [-0.4, -0.2) is 64.9 Å². The smallest absolute Gasteiger partial charge is 0.191 e. The molecule has 1 aliphatic rings. The summed E-state index contributed by atoms with van der Waals surface area (Å²) in [6.07, 6.45) is 2.60. The third kappa shape index (κ3) is 7.89. The van der Waals surface area contributed by atoms with Gasteiger partial charge >= 0.3 is 0 Å². The van der Waals surface area contributed by atoms with E-state index in [4.69, 9.17) is 9.47 Å². The molecule has 0 aromatic heterocycles. The largest absolute Gasteiger partial charge is 0.497 e. The third-order valence-electron chi connectivity index (χ3n) is 5.64. The molecule has 1 saturated heterocycles. The first-order valence-corrected chi connectivity index (χ1v) is 10.6. The predicted molar refractivity (Wildman–Crippen MR) is 136 cm³/mol. The minimum absolute atomic E-state index is 0. The molecule has 0 amide bonds. The van der Waals surface area contributed by atoms with Crippen LogP contribution in [-0.2, 0) is 4.74 Å². The molecule has 2 N–H and O–H groups in total. The van der Waals surface area contributed by atoms with E-state index in [0.29, 0.717) is 5.92 Å². The molecule has 1 fully saturated rings. The molecule has 0 saturated carbocycles. The molecular weight excluding hydrogens is 491 g/mol. The second-order valence-corrected chi connectivity index (χ2v) is 9.15. The first kappa shape index (κ1) is 27.0. The predicted octanol–water partition coefficient (Wildman–Crippen LogP) is 3.92. The SMILES string of the molecule is CN=C(NCC1CCCOC1C(C)(C)C)NCC(c1ccc(OC)cc1)N(C)C.I. The Morgan fingerprint density at radius 3 is 2.43 bits per heavy atom. The van der Waals surface area contributed by atoms with Crippen molar-refractivity contribution in [2.75, 3.05) is 47.9 Å². The van der Waals surface area contributed by atoms with Gasteiger partial charge in [0.1, 0.15) is 5.75 Å². The van der Waals surface area contributed by atoms with Crippen LogP contribution < -0.4 is 15.4 Å². The highest BCUT2D eigenvalue weighted by molar-refractivity contribution is 14.0. The molecule has 0 radical (unpaired) electrons. The second-order valence-electron chi connectivity index (χ2n) is 9.15. The Morgan fingerprint density at radius 1 is 1.23 bits per heavy atom. The van der Waals surface area contributed by atoms with Gasteiger partial charge in [-0.15, -0.1) is 24.0 Å². The lowest BCUT2D eigenvalue weighted by Crippen LogP contribution is -2.48. The van der Waals surface area contributed by atoms with Crippen molar-refractivity contribution in [1.29, 1.82) is 0 Å². The zero-order valence-electron chi connectivity index (χ0n) is 19.7. The number of aliphatic imine (C=N–C) groups is 1. The van der Waals surface area contributed by atoms with Crippen molar-refractivity contribution in [3.8, 4) is 5.75 Å².